The number of rotatable bonds is 8. The summed E-state index contributed by atoms with van der Waals surface area (Å²) >= 11 is 0. The van der Waals surface area contributed by atoms with Crippen molar-refractivity contribution >= 4 is 35.6 Å². The fraction of sp³-hybridized carbons (Fsp3) is 0.190. The molecule has 0 fully saturated rings. The third-order valence-electron chi connectivity index (χ3n) is 4.22. The van der Waals surface area contributed by atoms with E-state index in [0.29, 0.717) is 25.6 Å². The second kappa shape index (κ2) is 11.8. The number of hydrogen-bond donors (Lipinski definition) is 2. The third kappa shape index (κ3) is 6.76. The summed E-state index contributed by atoms with van der Waals surface area (Å²) in [5.41, 5.74) is 1.92. The molecule has 2 aromatic carbocycles. The molecule has 9 heteroatoms. The van der Waals surface area contributed by atoms with Gasteiger partial charge in [-0.25, -0.2) is 4.99 Å². The number of hydrogen-bond acceptors (Lipinski definition) is 5. The van der Waals surface area contributed by atoms with Crippen molar-refractivity contribution in [2.24, 2.45) is 4.99 Å². The number of aliphatic imine (C=N–C) groups is 1. The van der Waals surface area contributed by atoms with Crippen LogP contribution in [0, 0.1) is 10.1 Å². The number of furan rings is 1. The number of para-hydroxylation sites is 1. The van der Waals surface area contributed by atoms with Gasteiger partial charge in [-0.1, -0.05) is 30.3 Å². The van der Waals surface area contributed by atoms with E-state index in [0.717, 1.165) is 22.6 Å². The molecule has 0 bridgehead atoms. The lowest BCUT2D eigenvalue weighted by atomic mass is 10.2. The summed E-state index contributed by atoms with van der Waals surface area (Å²) in [6.07, 6.45) is 1.62. The summed E-state index contributed by atoms with van der Waals surface area (Å²) < 4.78 is 10.7. The molecule has 8 nitrogen and oxygen atoms in total. The van der Waals surface area contributed by atoms with Gasteiger partial charge in [-0.15, -0.1) is 24.0 Å². The molecule has 0 radical (unpaired) electrons. The molecule has 0 atom stereocenters. The number of nitrogens with one attached hydrogen (secondary N) is 2. The Morgan fingerprint density at radius 2 is 1.80 bits per heavy atom. The number of methoxy groups -OCH3 is 1. The number of benzene rings is 2. The molecule has 0 spiro atoms. The van der Waals surface area contributed by atoms with Crippen LogP contribution >= 0.6 is 24.0 Å². The molecule has 30 heavy (non-hydrogen) atoms. The van der Waals surface area contributed by atoms with Gasteiger partial charge in [0.15, 0.2) is 5.96 Å². The second-order valence-corrected chi connectivity index (χ2v) is 6.19. The van der Waals surface area contributed by atoms with Gasteiger partial charge in [0.1, 0.15) is 11.5 Å². The van der Waals surface area contributed by atoms with E-state index in [1.165, 1.54) is 12.1 Å². The Bertz CT molecular complexity index is 959. The predicted molar refractivity (Wildman–Crippen MR) is 125 cm³/mol. The monoisotopic (exact) mass is 522 g/mol. The standard InChI is InChI=1S/C21H22N4O4.HI/c1-28-20-7-3-2-5-17(20)14-23-21(24-15-19-6-4-12-29-19)22-13-16-8-10-18(11-9-16)25(26)27;/h2-12H,13-15H2,1H3,(H2,22,23,24);1H. The Morgan fingerprint density at radius 3 is 2.47 bits per heavy atom. The highest BCUT2D eigenvalue weighted by molar-refractivity contribution is 14.0. The first-order valence-corrected chi connectivity index (χ1v) is 9.05. The van der Waals surface area contributed by atoms with Crippen molar-refractivity contribution in [1.82, 2.24) is 10.6 Å². The van der Waals surface area contributed by atoms with E-state index in [1.54, 1.807) is 25.5 Å². The van der Waals surface area contributed by atoms with Crippen LogP contribution in [0.3, 0.4) is 0 Å². The molecular weight excluding hydrogens is 499 g/mol. The SMILES string of the molecule is COc1ccccc1CNC(=NCc1ccc([N+](=O)[O-])cc1)NCc1ccco1.I. The fourth-order valence-electron chi connectivity index (χ4n) is 2.68. The number of non-ortho nitro benzene ring substituents is 1. The van der Waals surface area contributed by atoms with Crippen molar-refractivity contribution in [3.8, 4) is 5.75 Å². The van der Waals surface area contributed by atoms with E-state index in [2.05, 4.69) is 15.6 Å². The maximum absolute atomic E-state index is 10.8. The van der Waals surface area contributed by atoms with Gasteiger partial charge in [-0.2, -0.15) is 0 Å². The molecule has 0 aliphatic heterocycles. The van der Waals surface area contributed by atoms with Gasteiger partial charge in [-0.05, 0) is 23.8 Å². The van der Waals surface area contributed by atoms with Gasteiger partial charge in [0.05, 0.1) is 31.4 Å². The maximum Gasteiger partial charge on any atom is 0.269 e. The first-order chi connectivity index (χ1) is 14.2. The van der Waals surface area contributed by atoms with Crippen molar-refractivity contribution < 1.29 is 14.1 Å². The van der Waals surface area contributed by atoms with Crippen molar-refractivity contribution in [3.05, 3.63) is 93.9 Å². The minimum atomic E-state index is -0.418. The molecule has 0 aliphatic carbocycles. The quantitative estimate of drug-likeness (QED) is 0.151. The molecule has 2 N–H and O–H groups in total. The number of nitro groups is 1. The topological polar surface area (TPSA) is 102 Å². The van der Waals surface area contributed by atoms with Gasteiger partial charge in [0.2, 0.25) is 0 Å². The van der Waals surface area contributed by atoms with Gasteiger partial charge in [-0.3, -0.25) is 10.1 Å². The highest BCUT2D eigenvalue weighted by atomic mass is 127. The zero-order chi connectivity index (χ0) is 20.5. The van der Waals surface area contributed by atoms with Crippen molar-refractivity contribution in [2.45, 2.75) is 19.6 Å². The molecule has 0 amide bonds. The minimum Gasteiger partial charge on any atom is -0.496 e. The Kier molecular flexibility index (Phi) is 9.13. The lowest BCUT2D eigenvalue weighted by molar-refractivity contribution is -0.384. The van der Waals surface area contributed by atoms with E-state index in [9.17, 15) is 10.1 Å². The smallest absolute Gasteiger partial charge is 0.269 e. The molecule has 3 aromatic rings. The lowest BCUT2D eigenvalue weighted by Gasteiger charge is -2.14. The van der Waals surface area contributed by atoms with E-state index in [4.69, 9.17) is 9.15 Å². The molecule has 158 valence electrons. The van der Waals surface area contributed by atoms with E-state index in [-0.39, 0.29) is 29.7 Å². The average Bonchev–Trinajstić information content (AvgIpc) is 3.27. The molecule has 0 aliphatic rings. The largest absolute Gasteiger partial charge is 0.496 e. The lowest BCUT2D eigenvalue weighted by Crippen LogP contribution is -2.36. The number of nitrogens with zero attached hydrogens (tertiary/aromatic N) is 2. The zero-order valence-electron chi connectivity index (χ0n) is 16.4. The van der Waals surface area contributed by atoms with Crippen molar-refractivity contribution in [3.63, 3.8) is 0 Å². The normalized spacial score (nSPS) is 10.8. The molecule has 1 aromatic heterocycles. The fourth-order valence-corrected chi connectivity index (χ4v) is 2.68. The molecular formula is C21H23IN4O4. The number of guanidine groups is 1. The first-order valence-electron chi connectivity index (χ1n) is 9.05. The highest BCUT2D eigenvalue weighted by Crippen LogP contribution is 2.17. The Hall–Kier alpha value is -3.08. The summed E-state index contributed by atoms with van der Waals surface area (Å²) in [5.74, 6) is 2.17. The number of ether oxygens (including phenoxy) is 1. The molecule has 3 rings (SSSR count). The van der Waals surface area contributed by atoms with Gasteiger partial charge >= 0.3 is 0 Å². The third-order valence-corrected chi connectivity index (χ3v) is 4.22. The summed E-state index contributed by atoms with van der Waals surface area (Å²) in [6, 6.07) is 17.8. The van der Waals surface area contributed by atoms with Gasteiger partial charge in [0.25, 0.3) is 5.69 Å². The second-order valence-electron chi connectivity index (χ2n) is 6.19. The van der Waals surface area contributed by atoms with Crippen LogP contribution in [0.1, 0.15) is 16.9 Å². The summed E-state index contributed by atoms with van der Waals surface area (Å²) in [4.78, 5) is 14.9. The van der Waals surface area contributed by atoms with Crippen molar-refractivity contribution in [1.29, 1.82) is 0 Å². The molecule has 0 unspecified atom stereocenters. The predicted octanol–water partition coefficient (Wildman–Crippen LogP) is 4.25. The first kappa shape index (κ1) is 23.2. The van der Waals surface area contributed by atoms with Gasteiger partial charge in [0, 0.05) is 24.2 Å². The summed E-state index contributed by atoms with van der Waals surface area (Å²) in [5, 5.41) is 17.3. The molecule has 0 saturated carbocycles. The van der Waals surface area contributed by atoms with Crippen LogP contribution in [-0.4, -0.2) is 18.0 Å². The Morgan fingerprint density at radius 1 is 1.07 bits per heavy atom. The van der Waals surface area contributed by atoms with Crippen LogP contribution in [0.15, 0.2) is 76.3 Å². The minimum absolute atomic E-state index is 0. The highest BCUT2D eigenvalue weighted by Gasteiger charge is 2.06. The van der Waals surface area contributed by atoms with Crippen LogP contribution in [0.2, 0.25) is 0 Å². The number of nitro benzene ring substituents is 1. The number of halogens is 1. The molecule has 0 saturated heterocycles. The van der Waals surface area contributed by atoms with E-state index < -0.39 is 4.92 Å². The van der Waals surface area contributed by atoms with Gasteiger partial charge < -0.3 is 19.8 Å². The van der Waals surface area contributed by atoms with E-state index in [1.807, 2.05) is 36.4 Å². The van der Waals surface area contributed by atoms with Crippen LogP contribution < -0.4 is 15.4 Å². The maximum atomic E-state index is 10.8. The van der Waals surface area contributed by atoms with Crippen LogP contribution in [0.5, 0.6) is 5.75 Å². The average molecular weight is 522 g/mol. The Labute approximate surface area is 191 Å². The van der Waals surface area contributed by atoms with Crippen LogP contribution in [-0.2, 0) is 19.6 Å². The zero-order valence-corrected chi connectivity index (χ0v) is 18.7. The summed E-state index contributed by atoms with van der Waals surface area (Å²) in [7, 11) is 1.64. The van der Waals surface area contributed by atoms with Crippen LogP contribution in [0.4, 0.5) is 5.69 Å². The van der Waals surface area contributed by atoms with Crippen molar-refractivity contribution in [2.75, 3.05) is 7.11 Å². The van der Waals surface area contributed by atoms with E-state index >= 15 is 0 Å². The Balaban J connectivity index is 0.00000320. The van der Waals surface area contributed by atoms with Crippen LogP contribution in [0.25, 0.3) is 0 Å². The molecule has 1 heterocycles. The summed E-state index contributed by atoms with van der Waals surface area (Å²) in [6.45, 7) is 1.37.